The van der Waals surface area contributed by atoms with Crippen LogP contribution in [0.5, 0.6) is 0 Å². The maximum Gasteiger partial charge on any atom is 0.354 e. The molecule has 0 bridgehead atoms. The highest BCUT2D eigenvalue weighted by Crippen LogP contribution is 2.18. The predicted molar refractivity (Wildman–Crippen MR) is 58.8 cm³/mol. The highest BCUT2D eigenvalue weighted by atomic mass is 16.5. The zero-order chi connectivity index (χ0) is 11.5. The van der Waals surface area contributed by atoms with E-state index >= 15 is 0 Å². The van der Waals surface area contributed by atoms with Crippen LogP contribution in [-0.2, 0) is 4.74 Å². The lowest BCUT2D eigenvalue weighted by Crippen LogP contribution is -2.32. The Morgan fingerprint density at radius 1 is 1.62 bits per heavy atom. The number of pyridine rings is 1. The highest BCUT2D eigenvalue weighted by molar-refractivity contribution is 5.85. The molecule has 86 valence electrons. The molecule has 0 radical (unpaired) electrons. The van der Waals surface area contributed by atoms with Crippen LogP contribution < -0.4 is 4.90 Å². The number of carboxylic acids is 1. The number of anilines is 1. The fraction of sp³-hybridized carbons (Fsp3) is 0.455. The minimum atomic E-state index is -1.00. The van der Waals surface area contributed by atoms with Crippen LogP contribution in [0.25, 0.3) is 0 Å². The monoisotopic (exact) mass is 222 g/mol. The summed E-state index contributed by atoms with van der Waals surface area (Å²) in [5, 5.41) is 8.85. The first-order valence-corrected chi connectivity index (χ1v) is 5.19. The van der Waals surface area contributed by atoms with Gasteiger partial charge in [-0.3, -0.25) is 0 Å². The van der Waals surface area contributed by atoms with Crippen molar-refractivity contribution in [3.8, 4) is 0 Å². The lowest BCUT2D eigenvalue weighted by atomic mass is 10.2. The number of nitrogens with zero attached hydrogens (tertiary/aromatic N) is 2. The van der Waals surface area contributed by atoms with Gasteiger partial charge in [-0.1, -0.05) is 6.07 Å². The molecule has 5 nitrogen and oxygen atoms in total. The average Bonchev–Trinajstić information content (AvgIpc) is 2.81. The second-order valence-corrected chi connectivity index (χ2v) is 3.81. The maximum absolute atomic E-state index is 10.8. The zero-order valence-corrected chi connectivity index (χ0v) is 9.09. The van der Waals surface area contributed by atoms with Crippen LogP contribution in [0.2, 0.25) is 0 Å². The molecule has 1 atom stereocenters. The zero-order valence-electron chi connectivity index (χ0n) is 9.09. The highest BCUT2D eigenvalue weighted by Gasteiger charge is 2.21. The van der Waals surface area contributed by atoms with Gasteiger partial charge in [-0.15, -0.1) is 0 Å². The SMILES string of the molecule is CN(c1cccc(C(=O)O)n1)C1CCOC1. The van der Waals surface area contributed by atoms with Crippen molar-refractivity contribution in [3.05, 3.63) is 23.9 Å². The van der Waals surface area contributed by atoms with Gasteiger partial charge in [-0.2, -0.15) is 0 Å². The number of aromatic nitrogens is 1. The summed E-state index contributed by atoms with van der Waals surface area (Å²) in [5.74, 6) is -0.326. The van der Waals surface area contributed by atoms with E-state index in [4.69, 9.17) is 9.84 Å². The van der Waals surface area contributed by atoms with Gasteiger partial charge in [0.05, 0.1) is 12.6 Å². The predicted octanol–water partition coefficient (Wildman–Crippen LogP) is 1.00. The fourth-order valence-electron chi connectivity index (χ4n) is 1.75. The van der Waals surface area contributed by atoms with E-state index in [0.717, 1.165) is 13.0 Å². The van der Waals surface area contributed by atoms with Crippen LogP contribution in [0.4, 0.5) is 5.82 Å². The number of hydrogen-bond acceptors (Lipinski definition) is 4. The standard InChI is InChI=1S/C11H14N2O3/c1-13(8-5-6-16-7-8)10-4-2-3-9(12-10)11(14)15/h2-4,8H,5-7H2,1H3,(H,14,15). The van der Waals surface area contributed by atoms with E-state index in [1.165, 1.54) is 6.07 Å². The van der Waals surface area contributed by atoms with Crippen LogP contribution in [0, 0.1) is 0 Å². The van der Waals surface area contributed by atoms with Gasteiger partial charge in [0, 0.05) is 13.7 Å². The Labute approximate surface area is 93.7 Å². The van der Waals surface area contributed by atoms with Gasteiger partial charge in [0.1, 0.15) is 5.82 Å². The molecule has 1 N–H and O–H groups in total. The summed E-state index contributed by atoms with van der Waals surface area (Å²) in [7, 11) is 1.91. The van der Waals surface area contributed by atoms with Crippen molar-refractivity contribution in [3.63, 3.8) is 0 Å². The third-order valence-corrected chi connectivity index (χ3v) is 2.77. The molecule has 2 rings (SSSR count). The van der Waals surface area contributed by atoms with E-state index in [-0.39, 0.29) is 11.7 Å². The summed E-state index contributed by atoms with van der Waals surface area (Å²) in [5.41, 5.74) is 0.0725. The number of carbonyl (C=O) groups is 1. The van der Waals surface area contributed by atoms with E-state index in [1.807, 2.05) is 18.0 Å². The first-order valence-electron chi connectivity index (χ1n) is 5.19. The molecular weight excluding hydrogens is 208 g/mol. The molecule has 1 aliphatic heterocycles. The van der Waals surface area contributed by atoms with Crippen LogP contribution in [0.3, 0.4) is 0 Å². The molecule has 0 aliphatic carbocycles. The normalized spacial score (nSPS) is 19.7. The van der Waals surface area contributed by atoms with E-state index in [1.54, 1.807) is 6.07 Å². The molecule has 1 saturated heterocycles. The molecule has 0 spiro atoms. The minimum absolute atomic E-state index is 0.0725. The van der Waals surface area contributed by atoms with Crippen molar-refractivity contribution < 1.29 is 14.6 Å². The summed E-state index contributed by atoms with van der Waals surface area (Å²) in [6.45, 7) is 1.43. The summed E-state index contributed by atoms with van der Waals surface area (Å²) in [4.78, 5) is 16.9. The topological polar surface area (TPSA) is 62.7 Å². The van der Waals surface area contributed by atoms with Crippen molar-refractivity contribution in [1.82, 2.24) is 4.98 Å². The maximum atomic E-state index is 10.8. The van der Waals surface area contributed by atoms with Crippen molar-refractivity contribution in [2.24, 2.45) is 0 Å². The largest absolute Gasteiger partial charge is 0.477 e. The molecule has 0 amide bonds. The van der Waals surface area contributed by atoms with Crippen LogP contribution in [0.15, 0.2) is 18.2 Å². The number of aromatic carboxylic acids is 1. The molecule has 0 aromatic carbocycles. The Hall–Kier alpha value is -1.62. The van der Waals surface area contributed by atoms with Crippen molar-refractivity contribution in [2.45, 2.75) is 12.5 Å². The Morgan fingerprint density at radius 3 is 3.06 bits per heavy atom. The lowest BCUT2D eigenvalue weighted by molar-refractivity contribution is 0.0690. The van der Waals surface area contributed by atoms with Gasteiger partial charge in [0.15, 0.2) is 5.69 Å². The first kappa shape index (κ1) is 10.9. The molecule has 5 heteroatoms. The van der Waals surface area contributed by atoms with Crippen molar-refractivity contribution in [2.75, 3.05) is 25.2 Å². The average molecular weight is 222 g/mol. The van der Waals surface area contributed by atoms with E-state index in [9.17, 15) is 4.79 Å². The summed E-state index contributed by atoms with van der Waals surface area (Å²) < 4.78 is 5.29. The summed E-state index contributed by atoms with van der Waals surface area (Å²) in [6, 6.07) is 5.30. The number of likely N-dealkylation sites (N-methyl/N-ethyl adjacent to an activating group) is 1. The third kappa shape index (κ3) is 2.14. The van der Waals surface area contributed by atoms with Gasteiger partial charge >= 0.3 is 5.97 Å². The van der Waals surface area contributed by atoms with Gasteiger partial charge in [0.2, 0.25) is 0 Å². The number of hydrogen-bond donors (Lipinski definition) is 1. The second kappa shape index (κ2) is 4.49. The van der Waals surface area contributed by atoms with E-state index < -0.39 is 5.97 Å². The Bertz CT molecular complexity index is 389. The van der Waals surface area contributed by atoms with Gasteiger partial charge in [-0.05, 0) is 18.6 Å². The molecule has 16 heavy (non-hydrogen) atoms. The molecular formula is C11H14N2O3. The Balaban J connectivity index is 2.18. The van der Waals surface area contributed by atoms with Gasteiger partial charge < -0.3 is 14.7 Å². The van der Waals surface area contributed by atoms with Gasteiger partial charge in [-0.25, -0.2) is 9.78 Å². The molecule has 1 aromatic heterocycles. The first-order chi connectivity index (χ1) is 7.68. The number of ether oxygens (including phenoxy) is 1. The van der Waals surface area contributed by atoms with E-state index in [2.05, 4.69) is 4.98 Å². The second-order valence-electron chi connectivity index (χ2n) is 3.81. The van der Waals surface area contributed by atoms with Crippen LogP contribution in [-0.4, -0.2) is 42.4 Å². The fourth-order valence-corrected chi connectivity index (χ4v) is 1.75. The van der Waals surface area contributed by atoms with Crippen LogP contribution in [0.1, 0.15) is 16.9 Å². The number of rotatable bonds is 3. The van der Waals surface area contributed by atoms with E-state index in [0.29, 0.717) is 12.4 Å². The van der Waals surface area contributed by atoms with Crippen LogP contribution >= 0.6 is 0 Å². The molecule has 1 unspecified atom stereocenters. The Morgan fingerprint density at radius 2 is 2.44 bits per heavy atom. The summed E-state index contributed by atoms with van der Waals surface area (Å²) in [6.07, 6.45) is 0.954. The quantitative estimate of drug-likeness (QED) is 0.826. The molecule has 1 aromatic rings. The summed E-state index contributed by atoms with van der Waals surface area (Å²) >= 11 is 0. The smallest absolute Gasteiger partial charge is 0.354 e. The lowest BCUT2D eigenvalue weighted by Gasteiger charge is -2.24. The molecule has 1 fully saturated rings. The number of carboxylic acid groups (broad SMARTS) is 1. The van der Waals surface area contributed by atoms with Gasteiger partial charge in [0.25, 0.3) is 0 Å². The van der Waals surface area contributed by atoms with Crippen molar-refractivity contribution in [1.29, 1.82) is 0 Å². The molecule has 2 heterocycles. The third-order valence-electron chi connectivity index (χ3n) is 2.77. The molecule has 0 saturated carbocycles. The molecule has 1 aliphatic rings. The Kier molecular flexibility index (Phi) is 3.05. The minimum Gasteiger partial charge on any atom is -0.477 e. The van der Waals surface area contributed by atoms with Crippen molar-refractivity contribution >= 4 is 11.8 Å².